The van der Waals surface area contributed by atoms with Gasteiger partial charge in [-0.2, -0.15) is 0 Å². The molecule has 1 aromatic heterocycles. The van der Waals surface area contributed by atoms with E-state index in [9.17, 15) is 9.59 Å². The van der Waals surface area contributed by atoms with Crippen molar-refractivity contribution < 1.29 is 4.79 Å². The molecular weight excluding hydrogens is 314 g/mol. The molecule has 1 N–H and O–H groups in total. The summed E-state index contributed by atoms with van der Waals surface area (Å²) in [5.41, 5.74) is 1.22. The van der Waals surface area contributed by atoms with Crippen LogP contribution in [0.3, 0.4) is 0 Å². The van der Waals surface area contributed by atoms with Crippen molar-refractivity contribution in [2.75, 3.05) is 0 Å². The monoisotopic (exact) mass is 341 g/mol. The summed E-state index contributed by atoms with van der Waals surface area (Å²) in [6.07, 6.45) is 7.25. The largest absolute Gasteiger partial charge is 0.350 e. The number of benzene rings is 1. The molecule has 134 valence electrons. The van der Waals surface area contributed by atoms with Crippen molar-refractivity contribution >= 4 is 16.8 Å². The number of carbonyl (C=O) groups is 1. The highest BCUT2D eigenvalue weighted by molar-refractivity contribution is 5.97. The first-order chi connectivity index (χ1) is 12.1. The summed E-state index contributed by atoms with van der Waals surface area (Å²) >= 11 is 0. The maximum absolute atomic E-state index is 12.8. The van der Waals surface area contributed by atoms with Gasteiger partial charge in [-0.3, -0.25) is 14.2 Å². The van der Waals surface area contributed by atoms with Crippen molar-refractivity contribution in [3.8, 4) is 0 Å². The predicted molar refractivity (Wildman–Crippen MR) is 100 cm³/mol. The normalized spacial score (nSPS) is 15.9. The first-order valence-electron chi connectivity index (χ1n) is 9.44. The second-order valence-corrected chi connectivity index (χ2v) is 7.04. The summed E-state index contributed by atoms with van der Waals surface area (Å²) < 4.78 is 1.82. The Balaban J connectivity index is 1.96. The first kappa shape index (κ1) is 17.6. The van der Waals surface area contributed by atoms with E-state index >= 15 is 0 Å². The molecule has 2 heterocycles. The first-order valence-corrected chi connectivity index (χ1v) is 9.44. The summed E-state index contributed by atoms with van der Waals surface area (Å²) in [6.45, 7) is 4.85. The molecule has 25 heavy (non-hydrogen) atoms. The standard InChI is InChI=1S/C20H27N3O2/c1-3-8-14(2)21-19(24)15-10-11-16-17(13-15)22-18-9-6-4-5-7-12-23(18)20(16)25/h10-11,13-14H,3-9,12H2,1-2H3,(H,21,24)/t14-/m0/s1. The lowest BCUT2D eigenvalue weighted by Gasteiger charge is -2.17. The molecule has 3 rings (SSSR count). The molecule has 0 radical (unpaired) electrons. The summed E-state index contributed by atoms with van der Waals surface area (Å²) in [6, 6.07) is 5.37. The van der Waals surface area contributed by atoms with Crippen LogP contribution < -0.4 is 10.9 Å². The van der Waals surface area contributed by atoms with Crippen molar-refractivity contribution in [1.29, 1.82) is 0 Å². The predicted octanol–water partition coefficient (Wildman–Crippen LogP) is 3.43. The van der Waals surface area contributed by atoms with Gasteiger partial charge in [0.25, 0.3) is 11.5 Å². The van der Waals surface area contributed by atoms with Crippen molar-refractivity contribution in [3.63, 3.8) is 0 Å². The van der Waals surface area contributed by atoms with E-state index in [4.69, 9.17) is 4.98 Å². The minimum Gasteiger partial charge on any atom is -0.350 e. The zero-order valence-corrected chi connectivity index (χ0v) is 15.2. The van der Waals surface area contributed by atoms with E-state index in [1.165, 1.54) is 12.8 Å². The van der Waals surface area contributed by atoms with E-state index in [2.05, 4.69) is 12.2 Å². The fourth-order valence-corrected chi connectivity index (χ4v) is 3.55. The topological polar surface area (TPSA) is 64.0 Å². The number of fused-ring (bicyclic) bond motifs is 2. The summed E-state index contributed by atoms with van der Waals surface area (Å²) in [4.78, 5) is 29.9. The third kappa shape index (κ3) is 3.91. The zero-order chi connectivity index (χ0) is 17.8. The second-order valence-electron chi connectivity index (χ2n) is 7.04. The highest BCUT2D eigenvalue weighted by atomic mass is 16.1. The number of aryl methyl sites for hydroxylation is 1. The Hall–Kier alpha value is -2.17. The Morgan fingerprint density at radius 1 is 1.28 bits per heavy atom. The molecule has 2 aromatic rings. The maximum Gasteiger partial charge on any atom is 0.261 e. The quantitative estimate of drug-likeness (QED) is 0.926. The van der Waals surface area contributed by atoms with Gasteiger partial charge in [0.05, 0.1) is 10.9 Å². The van der Waals surface area contributed by atoms with E-state index in [1.807, 2.05) is 11.5 Å². The number of nitrogens with zero attached hydrogens (tertiary/aromatic N) is 2. The number of hydrogen-bond acceptors (Lipinski definition) is 3. The number of nitrogens with one attached hydrogen (secondary N) is 1. The minimum atomic E-state index is -0.100. The van der Waals surface area contributed by atoms with E-state index in [0.29, 0.717) is 16.5 Å². The van der Waals surface area contributed by atoms with Crippen LogP contribution in [0.5, 0.6) is 0 Å². The van der Waals surface area contributed by atoms with Crippen LogP contribution in [0.4, 0.5) is 0 Å². The molecule has 0 saturated carbocycles. The number of carbonyl (C=O) groups excluding carboxylic acids is 1. The average Bonchev–Trinajstić information content (AvgIpc) is 2.56. The lowest BCUT2D eigenvalue weighted by molar-refractivity contribution is 0.0938. The highest BCUT2D eigenvalue weighted by Crippen LogP contribution is 2.16. The molecule has 1 atom stereocenters. The van der Waals surface area contributed by atoms with Crippen LogP contribution in [0.25, 0.3) is 10.9 Å². The van der Waals surface area contributed by atoms with Crippen LogP contribution >= 0.6 is 0 Å². The smallest absolute Gasteiger partial charge is 0.261 e. The van der Waals surface area contributed by atoms with Crippen molar-refractivity contribution in [3.05, 3.63) is 39.9 Å². The molecule has 1 aliphatic heterocycles. The van der Waals surface area contributed by atoms with Crippen molar-refractivity contribution in [1.82, 2.24) is 14.9 Å². The third-order valence-electron chi connectivity index (χ3n) is 4.93. The molecule has 0 saturated heterocycles. The van der Waals surface area contributed by atoms with E-state index < -0.39 is 0 Å². The van der Waals surface area contributed by atoms with Gasteiger partial charge < -0.3 is 5.32 Å². The minimum absolute atomic E-state index is 0.0215. The van der Waals surface area contributed by atoms with Gasteiger partial charge in [0.15, 0.2) is 0 Å². The molecular formula is C20H27N3O2. The Labute approximate surface area is 148 Å². The van der Waals surface area contributed by atoms with Gasteiger partial charge in [-0.25, -0.2) is 4.98 Å². The second kappa shape index (κ2) is 7.81. The summed E-state index contributed by atoms with van der Waals surface area (Å²) in [7, 11) is 0. The lowest BCUT2D eigenvalue weighted by atomic mass is 10.1. The van der Waals surface area contributed by atoms with Gasteiger partial charge in [0.2, 0.25) is 0 Å². The zero-order valence-electron chi connectivity index (χ0n) is 15.2. The molecule has 1 aliphatic rings. The summed E-state index contributed by atoms with van der Waals surface area (Å²) in [5, 5.41) is 3.61. The number of rotatable bonds is 4. The highest BCUT2D eigenvalue weighted by Gasteiger charge is 2.15. The van der Waals surface area contributed by atoms with E-state index in [1.54, 1.807) is 18.2 Å². The van der Waals surface area contributed by atoms with Gasteiger partial charge >= 0.3 is 0 Å². The molecule has 0 unspecified atom stereocenters. The van der Waals surface area contributed by atoms with E-state index in [0.717, 1.165) is 44.5 Å². The number of amides is 1. The van der Waals surface area contributed by atoms with Crippen molar-refractivity contribution in [2.45, 2.75) is 71.4 Å². The molecule has 5 nitrogen and oxygen atoms in total. The molecule has 1 amide bonds. The van der Waals surface area contributed by atoms with Crippen LogP contribution in [0.1, 0.15) is 68.6 Å². The molecule has 1 aromatic carbocycles. The molecule has 0 bridgehead atoms. The summed E-state index contributed by atoms with van der Waals surface area (Å²) in [5.74, 6) is 0.755. The third-order valence-corrected chi connectivity index (χ3v) is 4.93. The Morgan fingerprint density at radius 3 is 2.88 bits per heavy atom. The van der Waals surface area contributed by atoms with Gasteiger partial charge in [0, 0.05) is 24.6 Å². The fourth-order valence-electron chi connectivity index (χ4n) is 3.55. The Bertz CT molecular complexity index is 826. The van der Waals surface area contributed by atoms with Gasteiger partial charge in [-0.15, -0.1) is 0 Å². The average molecular weight is 341 g/mol. The molecule has 0 spiro atoms. The maximum atomic E-state index is 12.8. The van der Waals surface area contributed by atoms with Gasteiger partial charge in [-0.05, 0) is 44.4 Å². The lowest BCUT2D eigenvalue weighted by Crippen LogP contribution is -2.32. The van der Waals surface area contributed by atoms with Crippen LogP contribution in [0.15, 0.2) is 23.0 Å². The Kier molecular flexibility index (Phi) is 5.51. The van der Waals surface area contributed by atoms with E-state index in [-0.39, 0.29) is 17.5 Å². The molecule has 0 aliphatic carbocycles. The Morgan fingerprint density at radius 2 is 2.08 bits per heavy atom. The molecule has 0 fully saturated rings. The van der Waals surface area contributed by atoms with Crippen LogP contribution in [0.2, 0.25) is 0 Å². The van der Waals surface area contributed by atoms with Crippen LogP contribution in [-0.4, -0.2) is 21.5 Å². The van der Waals surface area contributed by atoms with Gasteiger partial charge in [0.1, 0.15) is 5.82 Å². The van der Waals surface area contributed by atoms with Crippen LogP contribution in [-0.2, 0) is 13.0 Å². The number of aromatic nitrogens is 2. The number of hydrogen-bond donors (Lipinski definition) is 1. The van der Waals surface area contributed by atoms with Crippen molar-refractivity contribution in [2.24, 2.45) is 0 Å². The fraction of sp³-hybridized carbons (Fsp3) is 0.550. The SMILES string of the molecule is CCC[C@H](C)NC(=O)c1ccc2c(=O)n3c(nc2c1)CCCCCC3. The molecule has 5 heteroatoms. The van der Waals surface area contributed by atoms with Crippen LogP contribution in [0, 0.1) is 0 Å². The van der Waals surface area contributed by atoms with Gasteiger partial charge in [-0.1, -0.05) is 26.2 Å².